The molecule has 1 aliphatic rings. The van der Waals surface area contributed by atoms with E-state index < -0.39 is 0 Å². The van der Waals surface area contributed by atoms with E-state index in [1.807, 2.05) is 12.1 Å². The highest BCUT2D eigenvalue weighted by molar-refractivity contribution is 6.02. The van der Waals surface area contributed by atoms with Crippen molar-refractivity contribution in [1.29, 1.82) is 0 Å². The van der Waals surface area contributed by atoms with Gasteiger partial charge in [-0.15, -0.1) is 0 Å². The summed E-state index contributed by atoms with van der Waals surface area (Å²) in [5, 5.41) is 9.83. The van der Waals surface area contributed by atoms with E-state index in [0.717, 1.165) is 5.56 Å². The highest BCUT2D eigenvalue weighted by Gasteiger charge is 2.24. The number of carbonyl (C=O) groups is 1. The van der Waals surface area contributed by atoms with Crippen molar-refractivity contribution in [2.45, 2.75) is 13.3 Å². The molecule has 0 unspecified atom stereocenters. The number of ketones is 1. The van der Waals surface area contributed by atoms with Gasteiger partial charge in [-0.1, -0.05) is 6.07 Å². The fourth-order valence-corrected chi connectivity index (χ4v) is 1.79. The highest BCUT2D eigenvalue weighted by atomic mass is 16.5. The zero-order valence-corrected chi connectivity index (χ0v) is 8.70. The molecule has 3 nitrogen and oxygen atoms in total. The van der Waals surface area contributed by atoms with Crippen molar-refractivity contribution in [2.75, 3.05) is 7.11 Å². The maximum absolute atomic E-state index is 11.2. The predicted molar refractivity (Wildman–Crippen MR) is 56.9 cm³/mol. The molecule has 0 saturated carbocycles. The lowest BCUT2D eigenvalue weighted by Crippen LogP contribution is -1.97. The van der Waals surface area contributed by atoms with Crippen LogP contribution in [0.15, 0.2) is 23.8 Å². The number of hydrogen-bond donors (Lipinski definition) is 1. The molecule has 0 saturated heterocycles. The number of carbonyl (C=O) groups excluding carboxylic acids is 1. The quantitative estimate of drug-likeness (QED) is 0.802. The molecule has 0 atom stereocenters. The summed E-state index contributed by atoms with van der Waals surface area (Å²) in [6.07, 6.45) is 0.514. The van der Waals surface area contributed by atoms with Gasteiger partial charge in [0.25, 0.3) is 0 Å². The van der Waals surface area contributed by atoms with Crippen LogP contribution in [0.3, 0.4) is 0 Å². The number of aliphatic hydroxyl groups excluding tert-OH is 1. The van der Waals surface area contributed by atoms with E-state index in [4.69, 9.17) is 4.74 Å². The van der Waals surface area contributed by atoms with E-state index in [1.54, 1.807) is 13.2 Å². The average Bonchev–Trinajstić information content (AvgIpc) is 2.56. The number of fused-ring (bicyclic) bond motifs is 1. The Hall–Kier alpha value is -1.77. The normalized spacial score (nSPS) is 14.0. The molecule has 78 valence electrons. The minimum Gasteiger partial charge on any atom is -0.507 e. The van der Waals surface area contributed by atoms with E-state index >= 15 is 0 Å². The van der Waals surface area contributed by atoms with Crippen molar-refractivity contribution < 1.29 is 14.6 Å². The second kappa shape index (κ2) is 3.42. The predicted octanol–water partition coefficient (Wildman–Crippen LogP) is 2.11. The molecule has 3 heteroatoms. The van der Waals surface area contributed by atoms with Crippen LogP contribution in [0.5, 0.6) is 5.75 Å². The third-order valence-electron chi connectivity index (χ3n) is 2.65. The molecule has 0 amide bonds. The summed E-state index contributed by atoms with van der Waals surface area (Å²) in [7, 11) is 1.57. The molecule has 0 radical (unpaired) electrons. The summed E-state index contributed by atoms with van der Waals surface area (Å²) in [6.45, 7) is 1.47. The first-order valence-electron chi connectivity index (χ1n) is 4.74. The van der Waals surface area contributed by atoms with Crippen LogP contribution in [-0.4, -0.2) is 18.0 Å². The molecule has 1 aliphatic carbocycles. The van der Waals surface area contributed by atoms with Crippen molar-refractivity contribution in [3.8, 4) is 5.75 Å². The maximum atomic E-state index is 11.2. The van der Waals surface area contributed by atoms with E-state index in [1.165, 1.54) is 6.92 Å². The fourth-order valence-electron chi connectivity index (χ4n) is 1.79. The Kier molecular flexibility index (Phi) is 2.23. The van der Waals surface area contributed by atoms with Crippen LogP contribution >= 0.6 is 0 Å². The number of benzene rings is 1. The molecule has 0 aliphatic heterocycles. The minimum absolute atomic E-state index is 0.0809. The van der Waals surface area contributed by atoms with Crippen LogP contribution in [0.2, 0.25) is 0 Å². The number of allylic oxidation sites excluding steroid dienone is 1. The summed E-state index contributed by atoms with van der Waals surface area (Å²) in [5.74, 6) is 0.698. The van der Waals surface area contributed by atoms with Gasteiger partial charge in [0.2, 0.25) is 0 Å². The van der Waals surface area contributed by atoms with Gasteiger partial charge in [-0.25, -0.2) is 0 Å². The topological polar surface area (TPSA) is 46.5 Å². The Morgan fingerprint density at radius 1 is 1.47 bits per heavy atom. The van der Waals surface area contributed by atoms with Crippen molar-refractivity contribution in [3.63, 3.8) is 0 Å². The molecular weight excluding hydrogens is 192 g/mol. The number of Topliss-reactive ketones (excluding diaryl/α,β-unsaturated/α-hetero) is 1. The first-order valence-corrected chi connectivity index (χ1v) is 4.74. The maximum Gasteiger partial charge on any atom is 0.159 e. The van der Waals surface area contributed by atoms with Gasteiger partial charge < -0.3 is 9.84 Å². The second-order valence-electron chi connectivity index (χ2n) is 3.58. The van der Waals surface area contributed by atoms with Crippen LogP contribution in [0.1, 0.15) is 18.1 Å². The van der Waals surface area contributed by atoms with Gasteiger partial charge in [0.15, 0.2) is 5.78 Å². The lowest BCUT2D eigenvalue weighted by molar-refractivity contribution is -0.113. The Bertz CT molecular complexity index is 458. The minimum atomic E-state index is -0.0809. The summed E-state index contributed by atoms with van der Waals surface area (Å²) in [4.78, 5) is 11.2. The average molecular weight is 204 g/mol. The molecular formula is C12H12O3. The van der Waals surface area contributed by atoms with Gasteiger partial charge >= 0.3 is 0 Å². The third kappa shape index (κ3) is 1.50. The van der Waals surface area contributed by atoms with Gasteiger partial charge in [0.1, 0.15) is 11.5 Å². The number of rotatable bonds is 2. The van der Waals surface area contributed by atoms with Crippen LogP contribution in [0.4, 0.5) is 0 Å². The lowest BCUT2D eigenvalue weighted by atomic mass is 10.1. The van der Waals surface area contributed by atoms with E-state index in [2.05, 4.69) is 0 Å². The SMILES string of the molecule is COc1ccc2c(c1)C(O)=C(C(C)=O)C2. The number of ether oxygens (including phenoxy) is 1. The van der Waals surface area contributed by atoms with Crippen molar-refractivity contribution in [1.82, 2.24) is 0 Å². The summed E-state index contributed by atoms with van der Waals surface area (Å²) in [5.41, 5.74) is 2.16. The largest absolute Gasteiger partial charge is 0.507 e. The van der Waals surface area contributed by atoms with Crippen LogP contribution in [0.25, 0.3) is 5.76 Å². The Morgan fingerprint density at radius 3 is 2.80 bits per heavy atom. The van der Waals surface area contributed by atoms with Crippen molar-refractivity contribution >= 4 is 11.5 Å². The lowest BCUT2D eigenvalue weighted by Gasteiger charge is -2.03. The molecule has 0 spiro atoms. The smallest absolute Gasteiger partial charge is 0.159 e. The monoisotopic (exact) mass is 204 g/mol. The van der Waals surface area contributed by atoms with Gasteiger partial charge in [-0.05, 0) is 24.6 Å². The number of hydrogen-bond acceptors (Lipinski definition) is 3. The molecule has 0 heterocycles. The molecule has 2 rings (SSSR count). The first-order chi connectivity index (χ1) is 7.13. The number of aliphatic hydroxyl groups is 1. The zero-order chi connectivity index (χ0) is 11.0. The Morgan fingerprint density at radius 2 is 2.20 bits per heavy atom. The van der Waals surface area contributed by atoms with Gasteiger partial charge in [0, 0.05) is 17.6 Å². The Labute approximate surface area is 88.0 Å². The van der Waals surface area contributed by atoms with Crippen molar-refractivity contribution in [3.05, 3.63) is 34.9 Å². The van der Waals surface area contributed by atoms with Crippen LogP contribution in [0, 0.1) is 0 Å². The first kappa shape index (κ1) is 9.77. The molecule has 0 fully saturated rings. The molecule has 15 heavy (non-hydrogen) atoms. The van der Waals surface area contributed by atoms with Gasteiger partial charge in [-0.2, -0.15) is 0 Å². The van der Waals surface area contributed by atoms with Crippen molar-refractivity contribution in [2.24, 2.45) is 0 Å². The third-order valence-corrected chi connectivity index (χ3v) is 2.65. The zero-order valence-electron chi connectivity index (χ0n) is 8.70. The molecule has 0 bridgehead atoms. The van der Waals surface area contributed by atoms with E-state index in [0.29, 0.717) is 23.3 Å². The van der Waals surface area contributed by atoms with Gasteiger partial charge in [0.05, 0.1) is 7.11 Å². The molecule has 0 aromatic heterocycles. The second-order valence-corrected chi connectivity index (χ2v) is 3.58. The summed E-state index contributed by atoms with van der Waals surface area (Å²) in [6, 6.07) is 5.45. The molecule has 1 aromatic carbocycles. The Balaban J connectivity index is 2.50. The molecule has 1 N–H and O–H groups in total. The van der Waals surface area contributed by atoms with E-state index in [9.17, 15) is 9.90 Å². The number of methoxy groups -OCH3 is 1. The standard InChI is InChI=1S/C12H12O3/c1-7(13)10-5-8-3-4-9(15-2)6-11(8)12(10)14/h3-4,6,14H,5H2,1-2H3. The van der Waals surface area contributed by atoms with E-state index in [-0.39, 0.29) is 11.5 Å². The van der Waals surface area contributed by atoms with Gasteiger partial charge in [-0.3, -0.25) is 4.79 Å². The highest BCUT2D eigenvalue weighted by Crippen LogP contribution is 2.33. The van der Waals surface area contributed by atoms with Crippen LogP contribution < -0.4 is 4.74 Å². The molecule has 1 aromatic rings. The summed E-state index contributed by atoms with van der Waals surface area (Å²) < 4.78 is 5.06. The summed E-state index contributed by atoms with van der Waals surface area (Å²) >= 11 is 0. The fraction of sp³-hybridized carbons (Fsp3) is 0.250. The van der Waals surface area contributed by atoms with Crippen LogP contribution in [-0.2, 0) is 11.2 Å².